The smallest absolute Gasteiger partial charge is 0.175 e. The highest BCUT2D eigenvalue weighted by atomic mass is 32.7. The van der Waals surface area contributed by atoms with E-state index in [1.807, 2.05) is 0 Å². The van der Waals surface area contributed by atoms with E-state index in [0.717, 1.165) is 78.0 Å². The minimum atomic E-state index is -2.52. The van der Waals surface area contributed by atoms with E-state index in [4.69, 9.17) is 17.0 Å². The summed E-state index contributed by atoms with van der Waals surface area (Å²) in [4.78, 5) is 0. The lowest BCUT2D eigenvalue weighted by Gasteiger charge is -2.30. The second-order valence-electron chi connectivity index (χ2n) is 19.2. The topological polar surface area (TPSA) is 28.9 Å². The zero-order valence-corrected chi connectivity index (χ0v) is 41.1. The lowest BCUT2D eigenvalue weighted by Crippen LogP contribution is -2.32. The number of nitrogens with zero attached hydrogens (tertiary/aromatic N) is 4. The van der Waals surface area contributed by atoms with Crippen LogP contribution in [0.25, 0.3) is 110 Å². The monoisotopic (exact) mass is 969 g/mol. The Balaban J connectivity index is 0.917. The zero-order valence-electron chi connectivity index (χ0n) is 39.3. The Hall–Kier alpha value is -8.80. The molecule has 4 aromatic heterocycles. The maximum absolute atomic E-state index is 7.34. The Morgan fingerprint density at radius 3 is 0.945 bits per heavy atom. The van der Waals surface area contributed by atoms with Crippen LogP contribution in [0.1, 0.15) is 0 Å². The Bertz CT molecular complexity index is 4500. The fourth-order valence-corrected chi connectivity index (χ4v) is 16.5. The fraction of sp³-hybridized carbons (Fsp3) is 0. The molecule has 0 spiro atoms. The largest absolute Gasteiger partial charge is 0.449 e. The number of benzene rings is 11. The van der Waals surface area contributed by atoms with E-state index >= 15 is 0 Å². The molecule has 16 rings (SSSR count). The van der Waals surface area contributed by atoms with Gasteiger partial charge < -0.3 is 23.0 Å². The standard InChI is InChI=1S/C66H42N4OPS/c73-72(46-22-8-3-9-23-46)65-34-32-44(69-57-30-16-12-26-49(57)53-38-51-47-24-10-14-28-55(47)67(59(51)40-61(53)69)42-18-4-1-5-19-42)36-63(65)71-64-37-45(33-35-66(64)72)70-58-31-17-13-27-50(58)54-39-52-48-25-11-15-29-56(48)68(60(52)41-62(54)70)43-20-6-2-7-21-43/h1-41,73H/q+1. The lowest BCUT2D eigenvalue weighted by atomic mass is 10.1. The molecule has 5 heterocycles. The second-order valence-corrected chi connectivity index (χ2v) is 23.8. The van der Waals surface area contributed by atoms with Crippen LogP contribution in [0.4, 0.5) is 0 Å². The Labute approximate surface area is 425 Å². The molecule has 0 bridgehead atoms. The van der Waals surface area contributed by atoms with E-state index in [-0.39, 0.29) is 0 Å². The van der Waals surface area contributed by atoms with Crippen molar-refractivity contribution in [3.8, 4) is 34.2 Å². The predicted octanol–water partition coefficient (Wildman–Crippen LogP) is 16.3. The summed E-state index contributed by atoms with van der Waals surface area (Å²) >= 11 is 5.89. The van der Waals surface area contributed by atoms with E-state index in [1.54, 1.807) is 0 Å². The van der Waals surface area contributed by atoms with Gasteiger partial charge in [0, 0.05) is 78.8 Å². The maximum Gasteiger partial charge on any atom is 0.175 e. The number of para-hydroxylation sites is 6. The molecule has 1 aliphatic rings. The van der Waals surface area contributed by atoms with Gasteiger partial charge in [-0.3, -0.25) is 0 Å². The van der Waals surface area contributed by atoms with Crippen molar-refractivity contribution in [2.24, 2.45) is 0 Å². The van der Waals surface area contributed by atoms with Crippen LogP contribution in [0.2, 0.25) is 0 Å². The molecule has 0 N–H and O–H groups in total. The highest BCUT2D eigenvalue weighted by Crippen LogP contribution is 2.65. The van der Waals surface area contributed by atoms with Gasteiger partial charge in [0.2, 0.25) is 0 Å². The minimum Gasteiger partial charge on any atom is -0.449 e. The first-order valence-electron chi connectivity index (χ1n) is 24.8. The molecule has 7 heteroatoms. The Morgan fingerprint density at radius 1 is 0.260 bits per heavy atom. The van der Waals surface area contributed by atoms with Crippen molar-refractivity contribution in [1.29, 1.82) is 0 Å². The SMILES string of the molecule is S[P+]1(c2ccccc2)c2ccc(-n3c4ccccc4c4cc5c6ccccc6n(-c6ccccc6)c5cc43)cc2Oc2cc(-n3c4ccccc4c4cc5c6ccccc6n(-c6ccccc6)c5cc43)ccc21. The third kappa shape index (κ3) is 5.73. The molecular weight excluding hydrogens is 928 g/mol. The zero-order chi connectivity index (χ0) is 47.9. The summed E-state index contributed by atoms with van der Waals surface area (Å²) in [7, 11) is 0. The van der Waals surface area contributed by atoms with Gasteiger partial charge in [-0.05, 0) is 109 Å². The predicted molar refractivity (Wildman–Crippen MR) is 312 cm³/mol. The third-order valence-electron chi connectivity index (χ3n) is 15.4. The van der Waals surface area contributed by atoms with Gasteiger partial charge in [0.15, 0.2) is 28.6 Å². The first-order chi connectivity index (χ1) is 36.1. The first-order valence-corrected chi connectivity index (χ1v) is 27.7. The van der Waals surface area contributed by atoms with Crippen LogP contribution in [0.3, 0.4) is 0 Å². The number of fused-ring (bicyclic) bond motifs is 14. The van der Waals surface area contributed by atoms with Gasteiger partial charge in [0.05, 0.1) is 55.5 Å². The van der Waals surface area contributed by atoms with Crippen molar-refractivity contribution in [3.63, 3.8) is 0 Å². The molecule has 1 aliphatic heterocycles. The lowest BCUT2D eigenvalue weighted by molar-refractivity contribution is 0.488. The van der Waals surface area contributed by atoms with Gasteiger partial charge in [-0.25, -0.2) is 0 Å². The van der Waals surface area contributed by atoms with Gasteiger partial charge in [-0.15, -0.1) is 0 Å². The molecule has 0 radical (unpaired) electrons. The van der Waals surface area contributed by atoms with E-state index < -0.39 is 6.46 Å². The number of thiol groups is 1. The normalized spacial score (nSPS) is 13.2. The number of rotatable bonds is 5. The van der Waals surface area contributed by atoms with Crippen molar-refractivity contribution in [1.82, 2.24) is 18.3 Å². The maximum atomic E-state index is 7.34. The summed E-state index contributed by atoms with van der Waals surface area (Å²) in [5.74, 6) is 1.63. The van der Waals surface area contributed by atoms with Crippen molar-refractivity contribution in [2.75, 3.05) is 0 Å². The molecule has 11 aromatic carbocycles. The van der Waals surface area contributed by atoms with Crippen molar-refractivity contribution in [2.45, 2.75) is 0 Å². The Morgan fingerprint density at radius 2 is 0.575 bits per heavy atom. The van der Waals surface area contributed by atoms with Crippen LogP contribution in [0.15, 0.2) is 249 Å². The minimum absolute atomic E-state index is 0.816. The van der Waals surface area contributed by atoms with Crippen LogP contribution < -0.4 is 20.7 Å². The summed E-state index contributed by atoms with van der Waals surface area (Å²) in [6.45, 7) is -2.52. The summed E-state index contributed by atoms with van der Waals surface area (Å²) in [5.41, 5.74) is 13.6. The van der Waals surface area contributed by atoms with Gasteiger partial charge in [-0.1, -0.05) is 127 Å². The van der Waals surface area contributed by atoms with Gasteiger partial charge in [-0.2, -0.15) is 0 Å². The average Bonchev–Trinajstić information content (AvgIpc) is 4.16. The number of hydrogen-bond donors (Lipinski definition) is 1. The number of aromatic nitrogens is 4. The second kappa shape index (κ2) is 15.4. The molecule has 0 atom stereocenters. The molecule has 342 valence electrons. The summed E-state index contributed by atoms with van der Waals surface area (Å²) in [5, 5.41) is 13.2. The summed E-state index contributed by atoms with van der Waals surface area (Å²) < 4.78 is 17.0. The molecule has 15 aromatic rings. The quantitative estimate of drug-likeness (QED) is 0.135. The van der Waals surface area contributed by atoms with Crippen LogP contribution in [-0.4, -0.2) is 18.3 Å². The first kappa shape index (κ1) is 40.9. The van der Waals surface area contributed by atoms with Crippen LogP contribution in [0, 0.1) is 0 Å². The summed E-state index contributed by atoms with van der Waals surface area (Å²) in [6, 6.07) is 90.5. The van der Waals surface area contributed by atoms with Crippen LogP contribution in [-0.2, 0) is 0 Å². The number of hydrogen-bond acceptors (Lipinski definition) is 2. The van der Waals surface area contributed by atoms with Gasteiger partial charge in [0.25, 0.3) is 0 Å². The molecule has 0 saturated carbocycles. The molecule has 73 heavy (non-hydrogen) atoms. The van der Waals surface area contributed by atoms with Crippen LogP contribution in [0.5, 0.6) is 11.5 Å². The van der Waals surface area contributed by atoms with Gasteiger partial charge in [0.1, 0.15) is 5.30 Å². The molecule has 5 nitrogen and oxygen atoms in total. The van der Waals surface area contributed by atoms with Crippen molar-refractivity contribution < 1.29 is 4.74 Å². The highest BCUT2D eigenvalue weighted by molar-refractivity contribution is 8.61. The average molecular weight is 970 g/mol. The fourth-order valence-electron chi connectivity index (χ4n) is 12.3. The molecule has 0 aliphatic carbocycles. The highest BCUT2D eigenvalue weighted by Gasteiger charge is 2.50. The molecule has 0 amide bonds. The molecule has 0 unspecified atom stereocenters. The van der Waals surface area contributed by atoms with Gasteiger partial charge >= 0.3 is 0 Å². The van der Waals surface area contributed by atoms with Crippen LogP contribution >= 0.6 is 18.7 Å². The summed E-state index contributed by atoms with van der Waals surface area (Å²) in [6.07, 6.45) is 0. The van der Waals surface area contributed by atoms with E-state index in [9.17, 15) is 0 Å². The molecular formula is C66H42N4OPS+. The molecule has 0 fully saturated rings. The van der Waals surface area contributed by atoms with E-state index in [1.165, 1.54) is 59.4 Å². The van der Waals surface area contributed by atoms with E-state index in [0.29, 0.717) is 0 Å². The van der Waals surface area contributed by atoms with E-state index in [2.05, 4.69) is 267 Å². The Kier molecular flexibility index (Phi) is 8.60. The van der Waals surface area contributed by atoms with Crippen molar-refractivity contribution >= 4 is 122 Å². The number of ether oxygens (including phenoxy) is 1. The third-order valence-corrected chi connectivity index (χ3v) is 20.6. The van der Waals surface area contributed by atoms with Crippen molar-refractivity contribution in [3.05, 3.63) is 249 Å². The molecule has 0 saturated heterocycles.